The number of carboxylic acids is 3. The Labute approximate surface area is 152 Å². The fourth-order valence-corrected chi connectivity index (χ4v) is 0.918. The fourth-order valence-electron chi connectivity index (χ4n) is 0.918. The third-order valence-corrected chi connectivity index (χ3v) is 1.48. The zero-order chi connectivity index (χ0) is 12.9. The first-order chi connectivity index (χ1) is 7.19. The monoisotopic (exact) mass is 555 g/mol. The van der Waals surface area contributed by atoms with Crippen LogP contribution in [0.5, 0.6) is 0 Å². The van der Waals surface area contributed by atoms with Crippen LogP contribution in [0.2, 0.25) is 0 Å². The van der Waals surface area contributed by atoms with Crippen molar-refractivity contribution in [3.8, 4) is 0 Å². The van der Waals surface area contributed by atoms with E-state index in [4.69, 9.17) is 0 Å². The van der Waals surface area contributed by atoms with Crippen LogP contribution in [0, 0.1) is 10.1 Å². The molecule has 0 aromatic rings. The molecule has 0 spiro atoms. The Kier molecular flexibility index (Phi) is 16.7. The second-order valence-corrected chi connectivity index (χ2v) is 2.69. The van der Waals surface area contributed by atoms with E-state index in [1.165, 1.54) is 0 Å². The van der Waals surface area contributed by atoms with Crippen molar-refractivity contribution in [3.63, 3.8) is 0 Å². The third-order valence-electron chi connectivity index (χ3n) is 1.48. The van der Waals surface area contributed by atoms with Crippen LogP contribution in [0.1, 0.15) is 12.8 Å². The van der Waals surface area contributed by atoms with Gasteiger partial charge < -0.3 is 34.5 Å². The van der Waals surface area contributed by atoms with Crippen molar-refractivity contribution >= 4 is 17.9 Å². The van der Waals surface area contributed by atoms with E-state index in [0.29, 0.717) is 0 Å². The molecular weight excluding hydrogens is 554 g/mol. The van der Waals surface area contributed by atoms with Crippen LogP contribution in [0.4, 0.5) is 0 Å². The molecule has 0 bridgehead atoms. The average Bonchev–Trinajstić information content (AvgIpc) is 1.98. The van der Waals surface area contributed by atoms with Crippen LogP contribution in [-0.4, -0.2) is 28.6 Å². The van der Waals surface area contributed by atoms with Crippen molar-refractivity contribution in [3.05, 3.63) is 10.1 Å². The second-order valence-electron chi connectivity index (χ2n) is 2.69. The van der Waals surface area contributed by atoms with Crippen molar-refractivity contribution in [1.29, 1.82) is 0 Å². The Morgan fingerprint density at radius 1 is 0.947 bits per heavy atom. The van der Waals surface area contributed by atoms with Gasteiger partial charge in [-0.25, -0.2) is 0 Å². The average molecular weight is 558 g/mol. The summed E-state index contributed by atoms with van der Waals surface area (Å²) in [6, 6.07) is 0. The Balaban J connectivity index is -0.000000375. The second kappa shape index (κ2) is 11.6. The van der Waals surface area contributed by atoms with E-state index in [9.17, 15) is 39.8 Å². The molecule has 0 aliphatic heterocycles. The van der Waals surface area contributed by atoms with Gasteiger partial charge in [0.05, 0.1) is 5.97 Å². The van der Waals surface area contributed by atoms with Gasteiger partial charge in [-0.05, 0) is 0 Å². The van der Waals surface area contributed by atoms with Gasteiger partial charge in [0.2, 0.25) is 0 Å². The third kappa shape index (κ3) is 10.3. The standard InChI is InChI=1S/C6H7NO9.3Ag/c8-3(9)1-6(5(12)13,2-4(10)11)16-7(14)15;;;/h1-2H2,(H,8,9)(H,10,11)(H,12,13);;;/q;3*+1/p-3. The van der Waals surface area contributed by atoms with Gasteiger partial charge in [-0.2, -0.15) is 0 Å². The molecule has 0 aromatic carbocycles. The molecule has 0 aliphatic rings. The number of nitrogens with zero attached hydrogens (tertiary/aromatic N) is 1. The molecule has 0 radical (unpaired) electrons. The van der Waals surface area contributed by atoms with E-state index in [1.807, 2.05) is 0 Å². The number of carboxylic acid groups (broad SMARTS) is 3. The quantitative estimate of drug-likeness (QED) is 0.169. The topological polar surface area (TPSA) is 173 Å². The minimum atomic E-state index is -3.15. The van der Waals surface area contributed by atoms with Crippen molar-refractivity contribution in [2.45, 2.75) is 18.4 Å². The molecule has 0 aromatic heterocycles. The first-order valence-corrected chi connectivity index (χ1v) is 3.64. The van der Waals surface area contributed by atoms with E-state index in [-0.39, 0.29) is 67.1 Å². The molecule has 0 saturated carbocycles. The first kappa shape index (κ1) is 27.2. The van der Waals surface area contributed by atoms with E-state index >= 15 is 0 Å². The van der Waals surface area contributed by atoms with Crippen LogP contribution in [0.15, 0.2) is 0 Å². The normalized spacial score (nSPS) is 8.84. The van der Waals surface area contributed by atoms with E-state index in [1.54, 1.807) is 0 Å². The Hall–Kier alpha value is -0.169. The largest absolute Gasteiger partial charge is 1.00 e. The maximum absolute atomic E-state index is 10.5. The first-order valence-electron chi connectivity index (χ1n) is 3.64. The summed E-state index contributed by atoms with van der Waals surface area (Å²) in [5, 5.41) is 39.1. The van der Waals surface area contributed by atoms with Crippen molar-refractivity contribution in [1.82, 2.24) is 0 Å². The molecule has 0 heterocycles. The summed E-state index contributed by atoms with van der Waals surface area (Å²) in [6.45, 7) is 0. The number of carbonyl (C=O) groups is 3. The smallest absolute Gasteiger partial charge is 0.550 e. The molecule has 0 amide bonds. The zero-order valence-corrected chi connectivity index (χ0v) is 12.9. The predicted molar refractivity (Wildman–Crippen MR) is 35.1 cm³/mol. The number of aliphatic carboxylic acids is 3. The predicted octanol–water partition coefficient (Wildman–Crippen LogP) is -5.04. The van der Waals surface area contributed by atoms with Crippen LogP contribution in [0.3, 0.4) is 0 Å². The fraction of sp³-hybridized carbons (Fsp3) is 0.500. The number of hydrogen-bond donors (Lipinski definition) is 0. The molecule has 0 saturated heterocycles. The van der Waals surface area contributed by atoms with E-state index in [0.717, 1.165) is 0 Å². The molecule has 0 aliphatic carbocycles. The molecule has 0 fully saturated rings. The van der Waals surface area contributed by atoms with Gasteiger partial charge in [0.15, 0.2) is 5.60 Å². The van der Waals surface area contributed by atoms with Gasteiger partial charge in [0, 0.05) is 24.8 Å². The summed E-state index contributed by atoms with van der Waals surface area (Å²) >= 11 is 0. The molecule has 0 rings (SSSR count). The summed E-state index contributed by atoms with van der Waals surface area (Å²) in [6.07, 6.45) is -3.10. The number of hydrogen-bond acceptors (Lipinski definition) is 9. The minimum absolute atomic E-state index is 0. The Morgan fingerprint density at radius 3 is 1.42 bits per heavy atom. The van der Waals surface area contributed by atoms with Gasteiger partial charge in [-0.3, -0.25) is 0 Å². The van der Waals surface area contributed by atoms with Gasteiger partial charge in [-0.1, -0.05) is 0 Å². The molecule has 19 heavy (non-hydrogen) atoms. The van der Waals surface area contributed by atoms with Crippen LogP contribution < -0.4 is 15.3 Å². The van der Waals surface area contributed by atoms with Crippen LogP contribution in [0.25, 0.3) is 0 Å². The van der Waals surface area contributed by atoms with Gasteiger partial charge in [-0.15, -0.1) is 10.1 Å². The summed E-state index contributed by atoms with van der Waals surface area (Å²) in [5.41, 5.74) is -3.15. The summed E-state index contributed by atoms with van der Waals surface area (Å²) in [4.78, 5) is 44.3. The molecule has 0 unspecified atom stereocenters. The summed E-state index contributed by atoms with van der Waals surface area (Å²) in [5.74, 6) is -6.46. The van der Waals surface area contributed by atoms with E-state index < -0.39 is 41.4 Å². The molecule has 120 valence electrons. The SMILES string of the molecule is O=C([O-])CC(CC(=O)[O-])(O[N+](=O)[O-])C(=O)[O-].[Ag+].[Ag+].[Ag+]. The molecular formula is C6H4Ag3NO9. The summed E-state index contributed by atoms with van der Waals surface area (Å²) < 4.78 is 0. The Morgan fingerprint density at radius 2 is 1.26 bits per heavy atom. The van der Waals surface area contributed by atoms with E-state index in [2.05, 4.69) is 4.84 Å². The van der Waals surface area contributed by atoms with Crippen molar-refractivity contribution < 1.29 is 107 Å². The molecule has 0 atom stereocenters. The minimum Gasteiger partial charge on any atom is -0.550 e. The van der Waals surface area contributed by atoms with Gasteiger partial charge >= 0.3 is 67.1 Å². The van der Waals surface area contributed by atoms with Crippen molar-refractivity contribution in [2.75, 3.05) is 0 Å². The van der Waals surface area contributed by atoms with Crippen LogP contribution >= 0.6 is 0 Å². The van der Waals surface area contributed by atoms with Crippen molar-refractivity contribution in [2.24, 2.45) is 0 Å². The van der Waals surface area contributed by atoms with Crippen LogP contribution in [-0.2, 0) is 86.4 Å². The molecule has 0 N–H and O–H groups in total. The van der Waals surface area contributed by atoms with Gasteiger partial charge in [0.25, 0.3) is 5.09 Å². The summed E-state index contributed by atoms with van der Waals surface area (Å²) in [7, 11) is 0. The maximum atomic E-state index is 10.5. The molecule has 10 nitrogen and oxygen atoms in total. The number of rotatable bonds is 7. The maximum Gasteiger partial charge on any atom is 1.00 e. The number of carbonyl (C=O) groups excluding carboxylic acids is 3. The van der Waals surface area contributed by atoms with Gasteiger partial charge in [0.1, 0.15) is 0 Å². The molecule has 13 heteroatoms. The zero-order valence-electron chi connectivity index (χ0n) is 8.44. The Bertz CT molecular complexity index is 306.